The number of halogens is 1. The highest BCUT2D eigenvalue weighted by atomic mass is 35.5. The number of nitrogens with one attached hydrogen (secondary N) is 2. The summed E-state index contributed by atoms with van der Waals surface area (Å²) < 4.78 is 0. The van der Waals surface area contributed by atoms with E-state index in [1.54, 1.807) is 13.8 Å². The fraction of sp³-hybridized carbons (Fsp3) is 0.778. The van der Waals surface area contributed by atoms with Crippen molar-refractivity contribution in [2.75, 3.05) is 6.54 Å². The van der Waals surface area contributed by atoms with E-state index in [2.05, 4.69) is 15.6 Å². The minimum Gasteiger partial charge on any atom is -0.392 e. The van der Waals surface area contributed by atoms with Crippen molar-refractivity contribution < 1.29 is 9.90 Å². The van der Waals surface area contributed by atoms with Gasteiger partial charge in [0.15, 0.2) is 0 Å². The van der Waals surface area contributed by atoms with E-state index in [-0.39, 0.29) is 30.5 Å². The monoisotopic (exact) mass is 233 g/mol. The molecule has 3 N–H and O–H groups in total. The Morgan fingerprint density at radius 1 is 1.53 bits per heavy atom. The van der Waals surface area contributed by atoms with Gasteiger partial charge in [-0.2, -0.15) is 4.99 Å². The Morgan fingerprint density at radius 2 is 2.20 bits per heavy atom. The lowest BCUT2D eigenvalue weighted by Gasteiger charge is -2.18. The number of carbonyl (C=O) groups excluding carboxylic acids is 1. The molecule has 86 valence electrons. The third-order valence-corrected chi connectivity index (χ3v) is 2.63. The van der Waals surface area contributed by atoms with Gasteiger partial charge >= 0.3 is 0 Å². The number of carbonyl (C=O) groups is 1. The van der Waals surface area contributed by atoms with Gasteiger partial charge in [-0.3, -0.25) is 4.79 Å². The van der Waals surface area contributed by atoms with Gasteiger partial charge in [-0.1, -0.05) is 0 Å². The molecule has 5 nitrogen and oxygen atoms in total. The first-order chi connectivity index (χ1) is 6.49. The van der Waals surface area contributed by atoms with Crippen LogP contribution in [0.4, 0.5) is 0 Å². The van der Waals surface area contributed by atoms with E-state index in [1.165, 1.54) is 0 Å². The van der Waals surface area contributed by atoms with Crippen LogP contribution < -0.4 is 10.6 Å². The molecule has 6 heteroatoms. The lowest BCUT2D eigenvalue weighted by atomic mass is 10.1. The quantitative estimate of drug-likeness (QED) is 0.568. The summed E-state index contributed by atoms with van der Waals surface area (Å²) in [6.07, 6.45) is 0.290. The van der Waals surface area contributed by atoms with Gasteiger partial charge in [-0.05, 0) is 20.3 Å². The van der Waals surface area contributed by atoms with E-state index >= 15 is 0 Å². The summed E-state index contributed by atoms with van der Waals surface area (Å²) in [6.45, 7) is 4.18. The zero-order valence-corrected chi connectivity index (χ0v) is 9.60. The van der Waals surface area contributed by atoms with Crippen molar-refractivity contribution in [3.63, 3.8) is 0 Å². The van der Waals surface area contributed by atoms with Crippen LogP contribution in [0.1, 0.15) is 20.3 Å². The molecule has 2 heterocycles. The molecule has 2 rings (SSSR count). The second-order valence-electron chi connectivity index (χ2n) is 4.40. The molecule has 2 aliphatic heterocycles. The minimum atomic E-state index is -0.593. The summed E-state index contributed by atoms with van der Waals surface area (Å²) in [5, 5.41) is 15.5. The highest BCUT2D eigenvalue weighted by Gasteiger charge is 2.39. The smallest absolute Gasteiger partial charge is 0.272 e. The number of aliphatic imine (C=N–C) groups is 1. The number of aliphatic hydroxyl groups is 1. The molecule has 0 radical (unpaired) electrons. The molecule has 1 saturated heterocycles. The number of amides is 1. The first kappa shape index (κ1) is 12.4. The van der Waals surface area contributed by atoms with E-state index in [9.17, 15) is 9.90 Å². The fourth-order valence-corrected chi connectivity index (χ4v) is 1.74. The predicted molar refractivity (Wildman–Crippen MR) is 59.3 cm³/mol. The van der Waals surface area contributed by atoms with E-state index in [0.29, 0.717) is 18.8 Å². The zero-order valence-electron chi connectivity index (χ0n) is 8.78. The predicted octanol–water partition coefficient (Wildman–Crippen LogP) is -0.562. The van der Waals surface area contributed by atoms with Gasteiger partial charge in [0.05, 0.1) is 12.1 Å². The highest BCUT2D eigenvalue weighted by molar-refractivity contribution is 6.08. The van der Waals surface area contributed by atoms with Crippen LogP contribution in [0.15, 0.2) is 4.99 Å². The summed E-state index contributed by atoms with van der Waals surface area (Å²) in [5.74, 6) is 0.521. The first-order valence-corrected chi connectivity index (χ1v) is 4.82. The van der Waals surface area contributed by atoms with Crippen LogP contribution in [0.25, 0.3) is 0 Å². The van der Waals surface area contributed by atoms with Gasteiger partial charge < -0.3 is 15.7 Å². The van der Waals surface area contributed by atoms with Crippen molar-refractivity contribution in [2.24, 2.45) is 4.99 Å². The lowest BCUT2D eigenvalue weighted by molar-refractivity contribution is -0.121. The average molecular weight is 234 g/mol. The normalized spacial score (nSPS) is 33.3. The second kappa shape index (κ2) is 4.08. The van der Waals surface area contributed by atoms with Gasteiger partial charge in [0.1, 0.15) is 11.4 Å². The molecule has 0 bridgehead atoms. The molecular formula is C9H16ClN3O2. The molecule has 2 aliphatic rings. The number of hydrogen-bond acceptors (Lipinski definition) is 4. The van der Waals surface area contributed by atoms with Crippen molar-refractivity contribution in [2.45, 2.75) is 38.0 Å². The molecule has 0 saturated carbocycles. The molecular weight excluding hydrogens is 218 g/mol. The van der Waals surface area contributed by atoms with Crippen molar-refractivity contribution in [3.05, 3.63) is 0 Å². The van der Waals surface area contributed by atoms with Crippen LogP contribution >= 0.6 is 12.4 Å². The number of nitrogens with zero attached hydrogens (tertiary/aromatic N) is 1. The Balaban J connectivity index is 0.00000112. The maximum atomic E-state index is 11.4. The Bertz CT molecular complexity index is 304. The molecule has 0 aromatic carbocycles. The summed E-state index contributed by atoms with van der Waals surface area (Å²) in [6, 6.07) is -0.00396. The summed E-state index contributed by atoms with van der Waals surface area (Å²) in [5.41, 5.74) is -0.593. The van der Waals surface area contributed by atoms with E-state index in [0.717, 1.165) is 0 Å². The molecule has 0 spiro atoms. The molecule has 2 atom stereocenters. The van der Waals surface area contributed by atoms with Crippen LogP contribution in [0.3, 0.4) is 0 Å². The van der Waals surface area contributed by atoms with E-state index < -0.39 is 5.54 Å². The molecule has 0 aromatic heterocycles. The fourth-order valence-electron chi connectivity index (χ4n) is 1.74. The van der Waals surface area contributed by atoms with Crippen LogP contribution in [-0.4, -0.2) is 41.1 Å². The van der Waals surface area contributed by atoms with Crippen molar-refractivity contribution in [1.82, 2.24) is 10.6 Å². The zero-order chi connectivity index (χ0) is 10.3. The molecule has 1 unspecified atom stereocenters. The summed E-state index contributed by atoms with van der Waals surface area (Å²) in [4.78, 5) is 15.4. The van der Waals surface area contributed by atoms with Gasteiger partial charge in [0, 0.05) is 6.54 Å². The Labute approximate surface area is 94.8 Å². The number of hydrogen-bond donors (Lipinski definition) is 3. The van der Waals surface area contributed by atoms with E-state index in [4.69, 9.17) is 0 Å². The second-order valence-corrected chi connectivity index (χ2v) is 4.40. The highest BCUT2D eigenvalue weighted by Crippen LogP contribution is 2.16. The molecule has 1 amide bonds. The third kappa shape index (κ3) is 2.30. The Kier molecular flexibility index (Phi) is 3.38. The molecule has 0 aromatic rings. The minimum absolute atomic E-state index is 0. The summed E-state index contributed by atoms with van der Waals surface area (Å²) >= 11 is 0. The number of β-amino-alcohol motifs (C(OH)–C–C–N with tert-alkyl or cyclic N) is 1. The van der Waals surface area contributed by atoms with Crippen LogP contribution in [-0.2, 0) is 4.79 Å². The topological polar surface area (TPSA) is 73.7 Å². The standard InChI is InChI=1S/C9H15N3O2.ClH/c1-9(2)8(14)11-7(12-9)6-3-5(13)4-10-6;/h5-6,10,13H,3-4H2,1-2H3,(H,11,12,14);1H/t5-,6?;/m1./s1. The van der Waals surface area contributed by atoms with E-state index in [1.807, 2.05) is 0 Å². The van der Waals surface area contributed by atoms with Crippen LogP contribution in [0.2, 0.25) is 0 Å². The largest absolute Gasteiger partial charge is 0.392 e. The summed E-state index contributed by atoms with van der Waals surface area (Å²) in [7, 11) is 0. The molecule has 0 aliphatic carbocycles. The number of rotatable bonds is 1. The maximum Gasteiger partial charge on any atom is 0.272 e. The molecule has 1 fully saturated rings. The van der Waals surface area contributed by atoms with Crippen molar-refractivity contribution in [1.29, 1.82) is 0 Å². The van der Waals surface area contributed by atoms with Gasteiger partial charge in [0.2, 0.25) is 0 Å². The van der Waals surface area contributed by atoms with Crippen LogP contribution in [0.5, 0.6) is 0 Å². The SMILES string of the molecule is CC1(C)NC(C2C[C@@H](O)CN2)=NC1=O.Cl. The average Bonchev–Trinajstić information content (AvgIpc) is 2.58. The third-order valence-electron chi connectivity index (χ3n) is 2.63. The van der Waals surface area contributed by atoms with Crippen molar-refractivity contribution in [3.8, 4) is 0 Å². The Morgan fingerprint density at radius 3 is 2.60 bits per heavy atom. The van der Waals surface area contributed by atoms with Gasteiger partial charge in [0.25, 0.3) is 5.91 Å². The van der Waals surface area contributed by atoms with Crippen molar-refractivity contribution >= 4 is 24.1 Å². The number of aliphatic hydroxyl groups excluding tert-OH is 1. The van der Waals surface area contributed by atoms with Gasteiger partial charge in [-0.15, -0.1) is 12.4 Å². The number of amidine groups is 1. The van der Waals surface area contributed by atoms with Gasteiger partial charge in [-0.25, -0.2) is 0 Å². The van der Waals surface area contributed by atoms with Crippen LogP contribution in [0, 0.1) is 0 Å². The maximum absolute atomic E-state index is 11.4. The Hall–Kier alpha value is -0.650. The lowest BCUT2D eigenvalue weighted by Crippen LogP contribution is -2.47. The molecule has 15 heavy (non-hydrogen) atoms. The first-order valence-electron chi connectivity index (χ1n) is 4.82.